The van der Waals surface area contributed by atoms with Crippen LogP contribution in [0.3, 0.4) is 0 Å². The van der Waals surface area contributed by atoms with E-state index < -0.39 is 0 Å². The molecule has 0 aromatic heterocycles. The van der Waals surface area contributed by atoms with Crippen LogP contribution in [0.1, 0.15) is 0 Å². The van der Waals surface area contributed by atoms with E-state index in [9.17, 15) is 4.39 Å². The average Bonchev–Trinajstić information content (AvgIpc) is 2.04. The summed E-state index contributed by atoms with van der Waals surface area (Å²) in [5.74, 6) is 0.219. The normalized spacial score (nSPS) is 9.36. The van der Waals surface area contributed by atoms with Crippen molar-refractivity contribution in [3.05, 3.63) is 24.0 Å². The van der Waals surface area contributed by atoms with Crippen LogP contribution in [-0.2, 0) is 0 Å². The van der Waals surface area contributed by atoms with Gasteiger partial charge in [-0.15, -0.1) is 0 Å². The second-order valence-electron chi connectivity index (χ2n) is 1.94. The summed E-state index contributed by atoms with van der Waals surface area (Å²) in [5.41, 5.74) is 0.773. The maximum absolute atomic E-state index is 12.6. The minimum absolute atomic E-state index is 0.294. The zero-order chi connectivity index (χ0) is 8.27. The summed E-state index contributed by atoms with van der Waals surface area (Å²) < 4.78 is 20.3. The van der Waals surface area contributed by atoms with Crippen molar-refractivity contribution in [3.8, 4) is 5.75 Å². The Labute approximate surface area is 78.2 Å². The van der Waals surface area contributed by atoms with Gasteiger partial charge in [-0.25, -0.2) is 4.39 Å². The average molecular weight is 267 g/mol. The maximum Gasteiger partial charge on any atom is 0.145 e. The molecule has 0 heterocycles. The molecule has 0 fully saturated rings. The molecule has 2 nitrogen and oxygen atoms in total. The van der Waals surface area contributed by atoms with Crippen LogP contribution in [0.15, 0.2) is 18.2 Å². The number of anilines is 1. The van der Waals surface area contributed by atoms with Gasteiger partial charge in [0.15, 0.2) is 0 Å². The third kappa shape index (κ3) is 1.95. The fraction of sp³-hybridized carbons (Fsp3) is 0.143. The third-order valence-corrected chi connectivity index (χ3v) is 1.85. The molecule has 0 saturated carbocycles. The van der Waals surface area contributed by atoms with Crippen molar-refractivity contribution >= 4 is 28.6 Å². The number of nitrogens with one attached hydrogen (secondary N) is 1. The quantitative estimate of drug-likeness (QED) is 0.657. The Bertz CT molecular complexity index is 254. The van der Waals surface area contributed by atoms with Gasteiger partial charge in [-0.1, -0.05) is 0 Å². The fourth-order valence-electron chi connectivity index (χ4n) is 0.743. The molecule has 60 valence electrons. The van der Waals surface area contributed by atoms with E-state index in [4.69, 9.17) is 4.74 Å². The highest BCUT2D eigenvalue weighted by Gasteiger charge is 2.01. The monoisotopic (exact) mass is 267 g/mol. The van der Waals surface area contributed by atoms with Crippen LogP contribution in [0.25, 0.3) is 0 Å². The standard InChI is InChI=1S/C7H7FINO/c1-11-7-4-5(8)2-3-6(7)10-9/h2-4,10H,1H3. The molecule has 0 unspecified atom stereocenters. The molecule has 0 amide bonds. The highest BCUT2D eigenvalue weighted by Crippen LogP contribution is 2.25. The Hall–Kier alpha value is -0.520. The first-order valence-electron chi connectivity index (χ1n) is 2.98. The Kier molecular flexibility index (Phi) is 2.92. The van der Waals surface area contributed by atoms with Crippen LogP contribution in [0.2, 0.25) is 0 Å². The van der Waals surface area contributed by atoms with Gasteiger partial charge in [0.1, 0.15) is 11.6 Å². The van der Waals surface area contributed by atoms with Gasteiger partial charge in [0.25, 0.3) is 0 Å². The van der Waals surface area contributed by atoms with E-state index in [1.54, 1.807) is 6.07 Å². The molecule has 11 heavy (non-hydrogen) atoms. The molecule has 0 aliphatic rings. The molecule has 0 spiro atoms. The lowest BCUT2D eigenvalue weighted by atomic mass is 10.3. The topological polar surface area (TPSA) is 21.3 Å². The fourth-order valence-corrected chi connectivity index (χ4v) is 1.19. The molecule has 0 bridgehead atoms. The number of rotatable bonds is 2. The highest BCUT2D eigenvalue weighted by molar-refractivity contribution is 14.1. The first kappa shape index (κ1) is 8.58. The zero-order valence-corrected chi connectivity index (χ0v) is 8.05. The third-order valence-electron chi connectivity index (χ3n) is 1.27. The van der Waals surface area contributed by atoms with Gasteiger partial charge in [-0.05, 0) is 12.1 Å². The second kappa shape index (κ2) is 3.75. The van der Waals surface area contributed by atoms with Gasteiger partial charge in [-0.3, -0.25) is 0 Å². The molecule has 4 heteroatoms. The second-order valence-corrected chi connectivity index (χ2v) is 2.48. The molecule has 1 aromatic rings. The van der Waals surface area contributed by atoms with E-state index >= 15 is 0 Å². The summed E-state index contributed by atoms with van der Waals surface area (Å²) in [6.07, 6.45) is 0. The Morgan fingerprint density at radius 3 is 2.82 bits per heavy atom. The van der Waals surface area contributed by atoms with Gasteiger partial charge in [-0.2, -0.15) is 0 Å². The van der Waals surface area contributed by atoms with E-state index in [1.165, 1.54) is 19.2 Å². The van der Waals surface area contributed by atoms with E-state index in [0.717, 1.165) is 5.69 Å². The van der Waals surface area contributed by atoms with Crippen LogP contribution < -0.4 is 8.27 Å². The molecular formula is C7H7FINO. The largest absolute Gasteiger partial charge is 0.494 e. The lowest BCUT2D eigenvalue weighted by molar-refractivity contribution is 0.413. The number of methoxy groups -OCH3 is 1. The summed E-state index contributed by atoms with van der Waals surface area (Å²) in [7, 11) is 1.51. The minimum atomic E-state index is -0.294. The lowest BCUT2D eigenvalue weighted by Gasteiger charge is -2.05. The minimum Gasteiger partial charge on any atom is -0.494 e. The summed E-state index contributed by atoms with van der Waals surface area (Å²) in [6, 6.07) is 4.34. The molecule has 0 radical (unpaired) electrons. The number of hydrogen-bond donors (Lipinski definition) is 1. The van der Waals surface area contributed by atoms with Crippen molar-refractivity contribution in [2.24, 2.45) is 0 Å². The van der Waals surface area contributed by atoms with Crippen molar-refractivity contribution in [2.75, 3.05) is 10.6 Å². The van der Waals surface area contributed by atoms with Crippen molar-refractivity contribution in [1.29, 1.82) is 0 Å². The van der Waals surface area contributed by atoms with Gasteiger partial charge in [0, 0.05) is 6.07 Å². The van der Waals surface area contributed by atoms with Crippen LogP contribution in [-0.4, -0.2) is 7.11 Å². The van der Waals surface area contributed by atoms with Gasteiger partial charge in [0.05, 0.1) is 35.7 Å². The van der Waals surface area contributed by atoms with Crippen LogP contribution in [0.5, 0.6) is 5.75 Å². The highest BCUT2D eigenvalue weighted by atomic mass is 127. The number of halogens is 2. The van der Waals surface area contributed by atoms with Gasteiger partial charge < -0.3 is 8.27 Å². The molecule has 1 rings (SSSR count). The molecule has 0 aliphatic carbocycles. The van der Waals surface area contributed by atoms with E-state index in [0.29, 0.717) is 5.75 Å². The van der Waals surface area contributed by atoms with E-state index in [1.807, 2.05) is 22.9 Å². The predicted octanol–water partition coefficient (Wildman–Crippen LogP) is 2.60. The van der Waals surface area contributed by atoms with Crippen LogP contribution in [0.4, 0.5) is 10.1 Å². The summed E-state index contributed by atoms with van der Waals surface area (Å²) in [4.78, 5) is 0. The van der Waals surface area contributed by atoms with Crippen LogP contribution >= 0.6 is 22.9 Å². The first-order valence-corrected chi connectivity index (χ1v) is 4.06. The molecular weight excluding hydrogens is 260 g/mol. The number of benzene rings is 1. The van der Waals surface area contributed by atoms with E-state index in [-0.39, 0.29) is 5.82 Å². The first-order chi connectivity index (χ1) is 5.27. The smallest absolute Gasteiger partial charge is 0.145 e. The Morgan fingerprint density at radius 2 is 2.27 bits per heavy atom. The molecule has 1 N–H and O–H groups in total. The van der Waals surface area contributed by atoms with Gasteiger partial charge >= 0.3 is 0 Å². The summed E-state index contributed by atoms with van der Waals surface area (Å²) >= 11 is 1.96. The van der Waals surface area contributed by atoms with Crippen molar-refractivity contribution in [2.45, 2.75) is 0 Å². The van der Waals surface area contributed by atoms with Crippen molar-refractivity contribution in [1.82, 2.24) is 0 Å². The number of ether oxygens (including phenoxy) is 1. The lowest BCUT2D eigenvalue weighted by Crippen LogP contribution is -1.89. The zero-order valence-electron chi connectivity index (χ0n) is 5.90. The SMILES string of the molecule is COc1cc(F)ccc1NI. The van der Waals surface area contributed by atoms with Crippen LogP contribution in [0, 0.1) is 5.82 Å². The molecule has 0 atom stereocenters. The van der Waals surface area contributed by atoms with Crippen molar-refractivity contribution < 1.29 is 9.13 Å². The predicted molar refractivity (Wildman–Crippen MR) is 50.6 cm³/mol. The molecule has 1 aromatic carbocycles. The summed E-state index contributed by atoms with van der Waals surface area (Å²) in [6.45, 7) is 0. The maximum atomic E-state index is 12.6. The Balaban J connectivity index is 3.06. The van der Waals surface area contributed by atoms with E-state index in [2.05, 4.69) is 3.53 Å². The Morgan fingerprint density at radius 1 is 1.55 bits per heavy atom. The van der Waals surface area contributed by atoms with Crippen molar-refractivity contribution in [3.63, 3.8) is 0 Å². The van der Waals surface area contributed by atoms with Gasteiger partial charge in [0.2, 0.25) is 0 Å². The number of hydrogen-bond acceptors (Lipinski definition) is 2. The molecule has 0 aliphatic heterocycles. The molecule has 0 saturated heterocycles. The summed E-state index contributed by atoms with van der Waals surface area (Å²) in [5, 5.41) is 0.